The van der Waals surface area contributed by atoms with Crippen molar-refractivity contribution in [2.24, 2.45) is 0 Å². The highest BCUT2D eigenvalue weighted by molar-refractivity contribution is 7.12. The Kier molecular flexibility index (Phi) is 7.11. The molecule has 7 nitrogen and oxygen atoms in total. The Morgan fingerprint density at radius 2 is 1.73 bits per heavy atom. The molecular weight excluding hydrogens is 356 g/mol. The van der Waals surface area contributed by atoms with Crippen molar-refractivity contribution in [1.29, 1.82) is 0 Å². The molecule has 1 aromatic heterocycles. The highest BCUT2D eigenvalue weighted by atomic mass is 32.1. The third-order valence-corrected chi connectivity index (χ3v) is 4.83. The minimum Gasteiger partial charge on any atom is -0.493 e. The van der Waals surface area contributed by atoms with E-state index in [1.54, 1.807) is 30.6 Å². The number of hydrogen-bond acceptors (Lipinski definition) is 6. The molecule has 26 heavy (non-hydrogen) atoms. The minimum atomic E-state index is -0.352. The van der Waals surface area contributed by atoms with E-state index in [1.165, 1.54) is 26.2 Å². The summed E-state index contributed by atoms with van der Waals surface area (Å²) in [7, 11) is 6.19. The van der Waals surface area contributed by atoms with Gasteiger partial charge in [0.25, 0.3) is 0 Å². The molecule has 0 saturated heterocycles. The number of anilines is 1. The molecule has 2 rings (SSSR count). The second-order valence-corrected chi connectivity index (χ2v) is 6.74. The number of urea groups is 1. The SMILES string of the molecule is COc1cc(NC(=O)NCC(OC)c2ccc(C)s2)cc(OC)c1OC. The van der Waals surface area contributed by atoms with Crippen LogP contribution in [0.15, 0.2) is 24.3 Å². The normalized spacial score (nSPS) is 11.6. The molecule has 1 aromatic carbocycles. The van der Waals surface area contributed by atoms with E-state index in [1.807, 2.05) is 19.1 Å². The zero-order valence-corrected chi connectivity index (χ0v) is 16.4. The Bertz CT molecular complexity index is 722. The van der Waals surface area contributed by atoms with Crippen LogP contribution in [0.4, 0.5) is 10.5 Å². The number of aryl methyl sites for hydroxylation is 1. The monoisotopic (exact) mass is 380 g/mol. The Balaban J connectivity index is 2.03. The molecule has 0 saturated carbocycles. The third kappa shape index (κ3) is 4.80. The molecule has 0 bridgehead atoms. The molecular formula is C18H24N2O5S. The first-order valence-corrected chi connectivity index (χ1v) is 8.78. The molecule has 0 fully saturated rings. The van der Waals surface area contributed by atoms with E-state index in [9.17, 15) is 4.79 Å². The summed E-state index contributed by atoms with van der Waals surface area (Å²) < 4.78 is 21.3. The summed E-state index contributed by atoms with van der Waals surface area (Å²) in [4.78, 5) is 14.5. The summed E-state index contributed by atoms with van der Waals surface area (Å²) >= 11 is 1.65. The van der Waals surface area contributed by atoms with Crippen LogP contribution in [0.2, 0.25) is 0 Å². The molecule has 1 unspecified atom stereocenters. The number of thiophene rings is 1. The predicted molar refractivity (Wildman–Crippen MR) is 102 cm³/mol. The summed E-state index contributed by atoms with van der Waals surface area (Å²) in [6, 6.07) is 7.01. The van der Waals surface area contributed by atoms with Gasteiger partial charge in [-0.2, -0.15) is 0 Å². The summed E-state index contributed by atoms with van der Waals surface area (Å²) in [5.74, 6) is 1.39. The first-order chi connectivity index (χ1) is 12.5. The number of methoxy groups -OCH3 is 4. The fourth-order valence-electron chi connectivity index (χ4n) is 2.44. The maximum atomic E-state index is 12.2. The van der Waals surface area contributed by atoms with E-state index < -0.39 is 0 Å². The summed E-state index contributed by atoms with van der Waals surface area (Å²) in [6.07, 6.45) is -0.195. The highest BCUT2D eigenvalue weighted by Gasteiger charge is 2.16. The quantitative estimate of drug-likeness (QED) is 0.732. The standard InChI is InChI=1S/C18H24N2O5S/c1-11-6-7-16(26-11)15(24-4)10-19-18(21)20-12-8-13(22-2)17(25-5)14(9-12)23-3/h6-9,15H,10H2,1-5H3,(H2,19,20,21). The molecule has 2 aromatic rings. The van der Waals surface area contributed by atoms with Gasteiger partial charge in [0.2, 0.25) is 5.75 Å². The van der Waals surface area contributed by atoms with Crippen molar-refractivity contribution < 1.29 is 23.7 Å². The van der Waals surface area contributed by atoms with Crippen LogP contribution < -0.4 is 24.8 Å². The molecule has 142 valence electrons. The van der Waals surface area contributed by atoms with Gasteiger partial charge in [0, 0.05) is 29.0 Å². The van der Waals surface area contributed by atoms with E-state index in [0.717, 1.165) is 4.88 Å². The third-order valence-electron chi connectivity index (χ3n) is 3.73. The van der Waals surface area contributed by atoms with Gasteiger partial charge in [-0.25, -0.2) is 4.79 Å². The first kappa shape index (κ1) is 19.9. The zero-order chi connectivity index (χ0) is 19.1. The topological polar surface area (TPSA) is 78.1 Å². The van der Waals surface area contributed by atoms with Crippen molar-refractivity contribution in [2.45, 2.75) is 13.0 Å². The number of rotatable bonds is 8. The van der Waals surface area contributed by atoms with Crippen LogP contribution in [-0.4, -0.2) is 41.0 Å². The molecule has 2 amide bonds. The predicted octanol–water partition coefficient (Wildman–Crippen LogP) is 3.59. The average molecular weight is 380 g/mol. The zero-order valence-electron chi connectivity index (χ0n) is 15.5. The molecule has 0 aliphatic heterocycles. The van der Waals surface area contributed by atoms with Crippen LogP contribution in [0.1, 0.15) is 15.9 Å². The van der Waals surface area contributed by atoms with Crippen LogP contribution in [-0.2, 0) is 4.74 Å². The lowest BCUT2D eigenvalue weighted by Crippen LogP contribution is -2.32. The van der Waals surface area contributed by atoms with E-state index in [-0.39, 0.29) is 12.1 Å². The fraction of sp³-hybridized carbons (Fsp3) is 0.389. The number of carbonyl (C=O) groups is 1. The smallest absolute Gasteiger partial charge is 0.319 e. The molecule has 1 atom stereocenters. The van der Waals surface area contributed by atoms with Gasteiger partial charge in [-0.05, 0) is 19.1 Å². The Morgan fingerprint density at radius 1 is 1.08 bits per heavy atom. The molecule has 0 spiro atoms. The lowest BCUT2D eigenvalue weighted by atomic mass is 10.2. The van der Waals surface area contributed by atoms with Gasteiger partial charge in [0.15, 0.2) is 11.5 Å². The Hall–Kier alpha value is -2.45. The van der Waals surface area contributed by atoms with Crippen molar-refractivity contribution in [3.05, 3.63) is 34.0 Å². The van der Waals surface area contributed by atoms with Crippen LogP contribution in [0.25, 0.3) is 0 Å². The van der Waals surface area contributed by atoms with Crippen molar-refractivity contribution >= 4 is 23.1 Å². The molecule has 1 heterocycles. The number of carbonyl (C=O) groups excluding carboxylic acids is 1. The second-order valence-electron chi connectivity index (χ2n) is 5.42. The van der Waals surface area contributed by atoms with Crippen LogP contribution in [0, 0.1) is 6.92 Å². The molecule has 0 aliphatic rings. The second kappa shape index (κ2) is 9.30. The summed E-state index contributed by atoms with van der Waals surface area (Å²) in [5.41, 5.74) is 0.526. The Morgan fingerprint density at radius 3 is 2.19 bits per heavy atom. The van der Waals surface area contributed by atoms with Gasteiger partial charge >= 0.3 is 6.03 Å². The average Bonchev–Trinajstić information content (AvgIpc) is 3.07. The van der Waals surface area contributed by atoms with E-state index in [2.05, 4.69) is 10.6 Å². The number of hydrogen-bond donors (Lipinski definition) is 2. The van der Waals surface area contributed by atoms with Crippen molar-refractivity contribution in [2.75, 3.05) is 40.3 Å². The first-order valence-electron chi connectivity index (χ1n) is 7.96. The van der Waals surface area contributed by atoms with Gasteiger partial charge in [-0.1, -0.05) is 0 Å². The lowest BCUT2D eigenvalue weighted by Gasteiger charge is -2.17. The molecule has 0 radical (unpaired) electrons. The van der Waals surface area contributed by atoms with E-state index in [0.29, 0.717) is 29.5 Å². The van der Waals surface area contributed by atoms with Crippen molar-refractivity contribution in [1.82, 2.24) is 5.32 Å². The van der Waals surface area contributed by atoms with Crippen LogP contribution >= 0.6 is 11.3 Å². The highest BCUT2D eigenvalue weighted by Crippen LogP contribution is 2.39. The summed E-state index contributed by atoms with van der Waals surface area (Å²) in [5, 5.41) is 5.57. The number of nitrogens with one attached hydrogen (secondary N) is 2. The van der Waals surface area contributed by atoms with Crippen LogP contribution in [0.5, 0.6) is 17.2 Å². The van der Waals surface area contributed by atoms with E-state index in [4.69, 9.17) is 18.9 Å². The van der Waals surface area contributed by atoms with Gasteiger partial charge in [0.1, 0.15) is 6.10 Å². The maximum Gasteiger partial charge on any atom is 0.319 e. The maximum absolute atomic E-state index is 12.2. The van der Waals surface area contributed by atoms with Crippen LogP contribution in [0.3, 0.4) is 0 Å². The van der Waals surface area contributed by atoms with E-state index >= 15 is 0 Å². The summed E-state index contributed by atoms with van der Waals surface area (Å²) in [6.45, 7) is 2.39. The number of amides is 2. The molecule has 2 N–H and O–H groups in total. The van der Waals surface area contributed by atoms with Gasteiger partial charge < -0.3 is 29.6 Å². The molecule has 8 heteroatoms. The van der Waals surface area contributed by atoms with Gasteiger partial charge in [-0.3, -0.25) is 0 Å². The minimum absolute atomic E-state index is 0.195. The Labute approximate surface area is 157 Å². The van der Waals surface area contributed by atoms with Crippen molar-refractivity contribution in [3.63, 3.8) is 0 Å². The van der Waals surface area contributed by atoms with Crippen molar-refractivity contribution in [3.8, 4) is 17.2 Å². The number of benzene rings is 1. The van der Waals surface area contributed by atoms with Gasteiger partial charge in [-0.15, -0.1) is 11.3 Å². The largest absolute Gasteiger partial charge is 0.493 e. The lowest BCUT2D eigenvalue weighted by molar-refractivity contribution is 0.107. The molecule has 0 aliphatic carbocycles. The number of ether oxygens (including phenoxy) is 4. The fourth-order valence-corrected chi connectivity index (χ4v) is 3.40. The van der Waals surface area contributed by atoms with Gasteiger partial charge in [0.05, 0.1) is 33.6 Å².